The number of hydrogen-bond donors (Lipinski definition) is 1. The first kappa shape index (κ1) is 21.8. The molecule has 3 atom stereocenters. The number of carbonyl (C=O) groups excluding carboxylic acids is 1. The van der Waals surface area contributed by atoms with Crippen molar-refractivity contribution in [1.82, 2.24) is 4.90 Å². The predicted octanol–water partition coefficient (Wildman–Crippen LogP) is 4.81. The van der Waals surface area contributed by atoms with E-state index < -0.39 is 11.6 Å². The van der Waals surface area contributed by atoms with Gasteiger partial charge in [0.05, 0.1) is 5.60 Å². The third-order valence-corrected chi connectivity index (χ3v) is 6.92. The van der Waals surface area contributed by atoms with Gasteiger partial charge in [0.2, 0.25) is 0 Å². The van der Waals surface area contributed by atoms with Crippen molar-refractivity contribution >= 4 is 28.0 Å². The molecule has 1 aliphatic heterocycles. The Labute approximate surface area is 190 Å². The molecule has 1 N–H and O–H groups in total. The molecule has 0 bridgehead atoms. The van der Waals surface area contributed by atoms with E-state index >= 15 is 0 Å². The summed E-state index contributed by atoms with van der Waals surface area (Å²) in [6.45, 7) is 1.20. The maximum absolute atomic E-state index is 12.6. The lowest BCUT2D eigenvalue weighted by molar-refractivity contribution is -0.156. The lowest BCUT2D eigenvalue weighted by Crippen LogP contribution is -2.40. The van der Waals surface area contributed by atoms with Crippen molar-refractivity contribution in [1.29, 1.82) is 0 Å². The Hall–Kier alpha value is -2.38. The first-order valence-corrected chi connectivity index (χ1v) is 11.3. The van der Waals surface area contributed by atoms with E-state index in [9.17, 15) is 14.7 Å². The molecule has 1 heterocycles. The molecule has 1 saturated heterocycles. The number of carboxylic acids is 1. The SMILES string of the molecule is O=C(O)COC1(c2ccc(Br)cc2)CCC2CN(C(=O)OCc3ccccc3)CC2C1. The standard InChI is InChI=1S/C24H26BrNO5/c25-21-8-6-20(7-9-21)24(31-16-22(27)28)11-10-18-13-26(14-19(18)12-24)23(29)30-15-17-4-2-1-3-5-17/h1-9,18-19H,10-16H2,(H,27,28). The summed E-state index contributed by atoms with van der Waals surface area (Å²) in [5.41, 5.74) is 1.30. The third kappa shape index (κ3) is 5.10. The number of carbonyl (C=O) groups is 2. The summed E-state index contributed by atoms with van der Waals surface area (Å²) in [6, 6.07) is 17.5. The van der Waals surface area contributed by atoms with Gasteiger partial charge in [-0.15, -0.1) is 0 Å². The molecular weight excluding hydrogens is 462 g/mol. The minimum atomic E-state index is -0.976. The minimum Gasteiger partial charge on any atom is -0.480 e. The molecule has 1 saturated carbocycles. The normalized spacial score (nSPS) is 25.1. The highest BCUT2D eigenvalue weighted by Crippen LogP contribution is 2.48. The molecule has 164 valence electrons. The molecule has 2 fully saturated rings. The summed E-state index contributed by atoms with van der Waals surface area (Å²) in [5.74, 6) is -0.354. The fourth-order valence-electron chi connectivity index (χ4n) is 4.83. The van der Waals surface area contributed by atoms with Crippen LogP contribution in [0.15, 0.2) is 59.1 Å². The molecule has 2 aromatic rings. The second-order valence-electron chi connectivity index (χ2n) is 8.39. The van der Waals surface area contributed by atoms with Crippen molar-refractivity contribution in [3.05, 3.63) is 70.2 Å². The van der Waals surface area contributed by atoms with Crippen LogP contribution in [0.1, 0.15) is 30.4 Å². The summed E-state index contributed by atoms with van der Waals surface area (Å²) < 4.78 is 12.5. The molecule has 3 unspecified atom stereocenters. The van der Waals surface area contributed by atoms with Crippen LogP contribution in [0.5, 0.6) is 0 Å². The highest BCUT2D eigenvalue weighted by Gasteiger charge is 2.47. The number of fused-ring (bicyclic) bond motifs is 1. The van der Waals surface area contributed by atoms with Gasteiger partial charge in [-0.2, -0.15) is 0 Å². The van der Waals surface area contributed by atoms with Crippen LogP contribution in [0.25, 0.3) is 0 Å². The summed E-state index contributed by atoms with van der Waals surface area (Å²) in [6.07, 6.45) is 2.01. The van der Waals surface area contributed by atoms with E-state index in [0.717, 1.165) is 28.4 Å². The lowest BCUT2D eigenvalue weighted by atomic mass is 9.70. The van der Waals surface area contributed by atoms with Crippen LogP contribution in [-0.4, -0.2) is 41.8 Å². The summed E-state index contributed by atoms with van der Waals surface area (Å²) in [7, 11) is 0. The zero-order chi connectivity index (χ0) is 21.8. The zero-order valence-electron chi connectivity index (χ0n) is 17.2. The molecule has 0 aromatic heterocycles. The van der Waals surface area contributed by atoms with E-state index in [2.05, 4.69) is 15.9 Å². The predicted molar refractivity (Wildman–Crippen MR) is 118 cm³/mol. The van der Waals surface area contributed by atoms with E-state index in [1.165, 1.54) is 0 Å². The van der Waals surface area contributed by atoms with E-state index in [1.807, 2.05) is 54.6 Å². The van der Waals surface area contributed by atoms with Crippen molar-refractivity contribution in [2.75, 3.05) is 19.7 Å². The molecule has 0 spiro atoms. The number of amides is 1. The van der Waals surface area contributed by atoms with Gasteiger partial charge in [-0.3, -0.25) is 0 Å². The van der Waals surface area contributed by atoms with Crippen LogP contribution in [0.2, 0.25) is 0 Å². The maximum atomic E-state index is 12.6. The van der Waals surface area contributed by atoms with Crippen molar-refractivity contribution in [2.45, 2.75) is 31.5 Å². The quantitative estimate of drug-likeness (QED) is 0.632. The highest BCUT2D eigenvalue weighted by atomic mass is 79.9. The number of nitrogens with zero attached hydrogens (tertiary/aromatic N) is 1. The minimum absolute atomic E-state index is 0.246. The summed E-state index contributed by atoms with van der Waals surface area (Å²) in [5, 5.41) is 9.20. The smallest absolute Gasteiger partial charge is 0.410 e. The fraction of sp³-hybridized carbons (Fsp3) is 0.417. The molecule has 6 nitrogen and oxygen atoms in total. The van der Waals surface area contributed by atoms with Gasteiger partial charge in [0.1, 0.15) is 13.2 Å². The van der Waals surface area contributed by atoms with Gasteiger partial charge in [0, 0.05) is 17.6 Å². The Bertz CT molecular complexity index is 919. The first-order valence-electron chi connectivity index (χ1n) is 10.5. The Morgan fingerprint density at radius 3 is 2.48 bits per heavy atom. The van der Waals surface area contributed by atoms with Crippen molar-refractivity contribution in [3.63, 3.8) is 0 Å². The van der Waals surface area contributed by atoms with Gasteiger partial charge < -0.3 is 19.5 Å². The van der Waals surface area contributed by atoms with Crippen molar-refractivity contribution < 1.29 is 24.2 Å². The maximum Gasteiger partial charge on any atom is 0.410 e. The third-order valence-electron chi connectivity index (χ3n) is 6.39. The fourth-order valence-corrected chi connectivity index (χ4v) is 5.10. The van der Waals surface area contributed by atoms with Crippen molar-refractivity contribution in [3.8, 4) is 0 Å². The van der Waals surface area contributed by atoms with Crippen molar-refractivity contribution in [2.24, 2.45) is 11.8 Å². The zero-order valence-corrected chi connectivity index (χ0v) is 18.8. The van der Waals surface area contributed by atoms with E-state index in [4.69, 9.17) is 9.47 Å². The highest BCUT2D eigenvalue weighted by molar-refractivity contribution is 9.10. The number of hydrogen-bond acceptors (Lipinski definition) is 4. The topological polar surface area (TPSA) is 76.1 Å². The van der Waals surface area contributed by atoms with Gasteiger partial charge in [0.25, 0.3) is 0 Å². The van der Waals surface area contributed by atoms with E-state index in [0.29, 0.717) is 25.4 Å². The van der Waals surface area contributed by atoms with Crippen LogP contribution >= 0.6 is 15.9 Å². The number of ether oxygens (including phenoxy) is 2. The molecule has 2 aromatic carbocycles. The Balaban J connectivity index is 1.43. The van der Waals surface area contributed by atoms with Gasteiger partial charge >= 0.3 is 12.1 Å². The van der Waals surface area contributed by atoms with Crippen LogP contribution in [0, 0.1) is 11.8 Å². The number of carboxylic acid groups (broad SMARTS) is 1. The van der Waals surface area contributed by atoms with Gasteiger partial charge in [-0.05, 0) is 54.4 Å². The molecule has 2 aliphatic rings. The summed E-state index contributed by atoms with van der Waals surface area (Å²) in [4.78, 5) is 25.6. The first-order chi connectivity index (χ1) is 14.9. The van der Waals surface area contributed by atoms with E-state index in [-0.39, 0.29) is 25.2 Å². The number of rotatable bonds is 6. The molecule has 31 heavy (non-hydrogen) atoms. The average Bonchev–Trinajstić information content (AvgIpc) is 3.20. The van der Waals surface area contributed by atoms with Gasteiger partial charge in [0.15, 0.2) is 0 Å². The number of likely N-dealkylation sites (tertiary alicyclic amines) is 1. The number of halogens is 1. The van der Waals surface area contributed by atoms with Crippen LogP contribution in [0.3, 0.4) is 0 Å². The largest absolute Gasteiger partial charge is 0.480 e. The second-order valence-corrected chi connectivity index (χ2v) is 9.31. The molecule has 4 rings (SSSR count). The van der Waals surface area contributed by atoms with Crippen LogP contribution < -0.4 is 0 Å². The van der Waals surface area contributed by atoms with Gasteiger partial charge in [-0.25, -0.2) is 9.59 Å². The second kappa shape index (κ2) is 9.40. The molecule has 1 aliphatic carbocycles. The Kier molecular flexibility index (Phi) is 6.62. The molecule has 0 radical (unpaired) electrons. The van der Waals surface area contributed by atoms with Crippen LogP contribution in [-0.2, 0) is 26.5 Å². The molecular formula is C24H26BrNO5. The number of aliphatic carboxylic acids is 1. The number of benzene rings is 2. The van der Waals surface area contributed by atoms with Crippen LogP contribution in [0.4, 0.5) is 4.79 Å². The van der Waals surface area contributed by atoms with E-state index in [1.54, 1.807) is 4.90 Å². The summed E-state index contributed by atoms with van der Waals surface area (Å²) >= 11 is 3.46. The molecule has 7 heteroatoms. The monoisotopic (exact) mass is 487 g/mol. The average molecular weight is 488 g/mol. The van der Waals surface area contributed by atoms with Gasteiger partial charge in [-0.1, -0.05) is 58.4 Å². The molecule has 1 amide bonds. The Morgan fingerprint density at radius 2 is 1.77 bits per heavy atom. The lowest BCUT2D eigenvalue weighted by Gasteiger charge is -2.42. The Morgan fingerprint density at radius 1 is 1.06 bits per heavy atom.